The zero-order valence-corrected chi connectivity index (χ0v) is 10.9. The van der Waals surface area contributed by atoms with E-state index in [1.165, 1.54) is 0 Å². The van der Waals surface area contributed by atoms with E-state index in [-0.39, 0.29) is 12.4 Å². The van der Waals surface area contributed by atoms with Gasteiger partial charge in [0.15, 0.2) is 0 Å². The quantitative estimate of drug-likeness (QED) is 0.828. The number of hydrogen-bond acceptors (Lipinski definition) is 5. The predicted octanol–water partition coefficient (Wildman–Crippen LogP) is 1.50. The molecule has 1 N–H and O–H groups in total. The van der Waals surface area contributed by atoms with Crippen LogP contribution in [-0.4, -0.2) is 27.2 Å². The number of carbonyl (C=O) groups is 1. The lowest BCUT2D eigenvalue weighted by molar-refractivity contribution is 0.0488. The molecule has 2 aromatic heterocycles. The Bertz CT molecular complexity index is 571. The Labute approximate surface area is 110 Å². The Hall–Kier alpha value is -2.08. The van der Waals surface area contributed by atoms with Gasteiger partial charge in [-0.15, -0.1) is 0 Å². The molecule has 0 bridgehead atoms. The maximum atomic E-state index is 11.5. The molecular weight excluding hydrogens is 248 g/mol. The van der Waals surface area contributed by atoms with Crippen molar-refractivity contribution in [1.29, 1.82) is 0 Å². The third kappa shape index (κ3) is 2.85. The molecule has 19 heavy (non-hydrogen) atoms. The summed E-state index contributed by atoms with van der Waals surface area (Å²) in [6.45, 7) is 4.29. The third-order valence-corrected chi connectivity index (χ3v) is 2.82. The summed E-state index contributed by atoms with van der Waals surface area (Å²) in [6, 6.07) is 3.32. The first kappa shape index (κ1) is 13.4. The zero-order valence-electron chi connectivity index (χ0n) is 10.9. The van der Waals surface area contributed by atoms with E-state index in [2.05, 4.69) is 4.98 Å². The van der Waals surface area contributed by atoms with Gasteiger partial charge in [0, 0.05) is 5.69 Å². The number of ether oxygens (including phenoxy) is 1. The molecule has 0 amide bonds. The number of rotatable bonds is 5. The molecule has 6 heteroatoms. The van der Waals surface area contributed by atoms with Crippen LogP contribution in [0.15, 0.2) is 22.9 Å². The second kappa shape index (κ2) is 5.71. The molecule has 0 aliphatic carbocycles. The Morgan fingerprint density at radius 2 is 2.32 bits per heavy atom. The summed E-state index contributed by atoms with van der Waals surface area (Å²) >= 11 is 0. The summed E-state index contributed by atoms with van der Waals surface area (Å²) in [4.78, 5) is 15.5. The van der Waals surface area contributed by atoms with Crippen molar-refractivity contribution in [1.82, 2.24) is 9.55 Å². The molecule has 102 valence electrons. The van der Waals surface area contributed by atoms with E-state index < -0.39 is 5.97 Å². The standard InChI is InChI=1S/C13H16N2O4/c1-3-18-13(17)12-5-4-10(19-12)6-15-8-14-11(7-16)9(15)2/h4-5,8,16H,3,6-7H2,1-2H3. The number of carbonyl (C=O) groups excluding carboxylic acids is 1. The number of furan rings is 1. The molecule has 0 saturated heterocycles. The fourth-order valence-corrected chi connectivity index (χ4v) is 1.74. The van der Waals surface area contributed by atoms with Gasteiger partial charge in [0.2, 0.25) is 5.76 Å². The van der Waals surface area contributed by atoms with Crippen molar-refractivity contribution in [3.63, 3.8) is 0 Å². The van der Waals surface area contributed by atoms with Crippen LogP contribution < -0.4 is 0 Å². The van der Waals surface area contributed by atoms with Crippen molar-refractivity contribution in [2.75, 3.05) is 6.61 Å². The molecular formula is C13H16N2O4. The fraction of sp³-hybridized carbons (Fsp3) is 0.385. The molecule has 0 spiro atoms. The molecule has 0 aliphatic rings. The summed E-state index contributed by atoms with van der Waals surface area (Å²) in [7, 11) is 0. The summed E-state index contributed by atoms with van der Waals surface area (Å²) in [5.74, 6) is 0.359. The Morgan fingerprint density at radius 1 is 1.53 bits per heavy atom. The van der Waals surface area contributed by atoms with Crippen LogP contribution in [-0.2, 0) is 17.9 Å². The highest BCUT2D eigenvalue weighted by atomic mass is 16.5. The van der Waals surface area contributed by atoms with Crippen molar-refractivity contribution in [3.8, 4) is 0 Å². The second-order valence-electron chi connectivity index (χ2n) is 4.05. The number of hydrogen-bond donors (Lipinski definition) is 1. The smallest absolute Gasteiger partial charge is 0.374 e. The van der Waals surface area contributed by atoms with Gasteiger partial charge in [0.05, 0.1) is 31.8 Å². The molecule has 2 rings (SSSR count). The van der Waals surface area contributed by atoms with Crippen LogP contribution in [0.3, 0.4) is 0 Å². The van der Waals surface area contributed by atoms with Crippen LogP contribution >= 0.6 is 0 Å². The molecule has 2 aromatic rings. The van der Waals surface area contributed by atoms with Gasteiger partial charge in [-0.2, -0.15) is 0 Å². The van der Waals surface area contributed by atoms with Crippen molar-refractivity contribution in [2.24, 2.45) is 0 Å². The molecule has 0 atom stereocenters. The highest BCUT2D eigenvalue weighted by molar-refractivity contribution is 5.86. The van der Waals surface area contributed by atoms with E-state index in [0.29, 0.717) is 24.6 Å². The van der Waals surface area contributed by atoms with Gasteiger partial charge in [-0.05, 0) is 26.0 Å². The third-order valence-electron chi connectivity index (χ3n) is 2.82. The van der Waals surface area contributed by atoms with E-state index >= 15 is 0 Å². The number of aromatic nitrogens is 2. The number of nitrogens with zero attached hydrogens (tertiary/aromatic N) is 2. The van der Waals surface area contributed by atoms with Crippen molar-refractivity contribution in [2.45, 2.75) is 27.0 Å². The summed E-state index contributed by atoms with van der Waals surface area (Å²) in [5.41, 5.74) is 1.51. The minimum Gasteiger partial charge on any atom is -0.460 e. The van der Waals surface area contributed by atoms with Gasteiger partial charge in [0.25, 0.3) is 0 Å². The lowest BCUT2D eigenvalue weighted by atomic mass is 10.3. The normalized spacial score (nSPS) is 10.7. The van der Waals surface area contributed by atoms with E-state index in [1.54, 1.807) is 25.4 Å². The van der Waals surface area contributed by atoms with Crippen molar-refractivity contribution >= 4 is 5.97 Å². The van der Waals surface area contributed by atoms with E-state index in [9.17, 15) is 4.79 Å². The highest BCUT2D eigenvalue weighted by Crippen LogP contribution is 2.13. The van der Waals surface area contributed by atoms with Gasteiger partial charge in [-0.25, -0.2) is 9.78 Å². The highest BCUT2D eigenvalue weighted by Gasteiger charge is 2.13. The van der Waals surface area contributed by atoms with Crippen LogP contribution in [0.5, 0.6) is 0 Å². The van der Waals surface area contributed by atoms with Gasteiger partial charge >= 0.3 is 5.97 Å². The van der Waals surface area contributed by atoms with Crippen molar-refractivity contribution < 1.29 is 19.1 Å². The number of esters is 1. The van der Waals surface area contributed by atoms with Crippen LogP contribution in [0.4, 0.5) is 0 Å². The first-order valence-electron chi connectivity index (χ1n) is 6.03. The molecule has 0 radical (unpaired) electrons. The monoisotopic (exact) mass is 264 g/mol. The van der Waals surface area contributed by atoms with E-state index in [1.807, 2.05) is 11.5 Å². The Balaban J connectivity index is 2.11. The van der Waals surface area contributed by atoms with Gasteiger partial charge < -0.3 is 18.8 Å². The van der Waals surface area contributed by atoms with Gasteiger partial charge in [-0.3, -0.25) is 0 Å². The van der Waals surface area contributed by atoms with Crippen LogP contribution in [0.2, 0.25) is 0 Å². The topological polar surface area (TPSA) is 77.5 Å². The van der Waals surface area contributed by atoms with E-state index in [4.69, 9.17) is 14.3 Å². The van der Waals surface area contributed by atoms with Crippen LogP contribution in [0.1, 0.15) is 34.6 Å². The lowest BCUT2D eigenvalue weighted by Crippen LogP contribution is -2.03. The van der Waals surface area contributed by atoms with Gasteiger partial charge in [0.1, 0.15) is 5.76 Å². The summed E-state index contributed by atoms with van der Waals surface area (Å²) in [5, 5.41) is 9.07. The first-order chi connectivity index (χ1) is 9.15. The minimum absolute atomic E-state index is 0.0922. The number of aliphatic hydroxyl groups is 1. The SMILES string of the molecule is CCOC(=O)c1ccc(Cn2cnc(CO)c2C)o1. The first-order valence-corrected chi connectivity index (χ1v) is 6.03. The zero-order chi connectivity index (χ0) is 13.8. The number of aliphatic hydroxyl groups excluding tert-OH is 1. The van der Waals surface area contributed by atoms with Crippen LogP contribution in [0, 0.1) is 6.92 Å². The molecule has 0 saturated carbocycles. The molecule has 0 unspecified atom stereocenters. The van der Waals surface area contributed by atoms with Crippen LogP contribution in [0.25, 0.3) is 0 Å². The molecule has 2 heterocycles. The predicted molar refractivity (Wildman–Crippen MR) is 66.7 cm³/mol. The molecule has 0 aromatic carbocycles. The summed E-state index contributed by atoms with van der Waals surface area (Å²) in [6.07, 6.45) is 1.63. The average Bonchev–Trinajstić information content (AvgIpc) is 2.99. The maximum Gasteiger partial charge on any atom is 0.374 e. The Morgan fingerprint density at radius 3 is 2.95 bits per heavy atom. The summed E-state index contributed by atoms with van der Waals surface area (Å²) < 4.78 is 12.1. The fourth-order valence-electron chi connectivity index (χ4n) is 1.74. The van der Waals surface area contributed by atoms with Crippen molar-refractivity contribution in [3.05, 3.63) is 41.4 Å². The largest absolute Gasteiger partial charge is 0.460 e. The molecule has 6 nitrogen and oxygen atoms in total. The number of imidazole rings is 1. The molecule has 0 fully saturated rings. The minimum atomic E-state index is -0.466. The average molecular weight is 264 g/mol. The lowest BCUT2D eigenvalue weighted by Gasteiger charge is -2.03. The Kier molecular flexibility index (Phi) is 4.01. The van der Waals surface area contributed by atoms with Gasteiger partial charge in [-0.1, -0.05) is 0 Å². The maximum absolute atomic E-state index is 11.5. The second-order valence-corrected chi connectivity index (χ2v) is 4.05. The molecule has 0 aliphatic heterocycles. The van der Waals surface area contributed by atoms with E-state index in [0.717, 1.165) is 5.69 Å².